The molecule has 0 saturated heterocycles. The predicted octanol–water partition coefficient (Wildman–Crippen LogP) is 1.36. The summed E-state index contributed by atoms with van der Waals surface area (Å²) in [5, 5.41) is 9.12. The summed E-state index contributed by atoms with van der Waals surface area (Å²) in [6, 6.07) is 0. The Morgan fingerprint density at radius 3 is 3.17 bits per heavy atom. The minimum atomic E-state index is -0.0780. The van der Waals surface area contributed by atoms with E-state index in [0.29, 0.717) is 16.6 Å². The molecule has 0 fully saturated rings. The molecular weight excluding hydrogens is 198 g/mol. The van der Waals surface area contributed by atoms with Crippen molar-refractivity contribution in [2.75, 3.05) is 17.3 Å². The molecule has 1 aromatic heterocycles. The minimum absolute atomic E-state index is 0.0780. The summed E-state index contributed by atoms with van der Waals surface area (Å²) in [4.78, 5) is 11.0. The van der Waals surface area contributed by atoms with Crippen LogP contribution >= 0.6 is 23.4 Å². The number of hydrogen-bond acceptors (Lipinski definition) is 3. The van der Waals surface area contributed by atoms with Crippen LogP contribution in [0.1, 0.15) is 0 Å². The Morgan fingerprint density at radius 2 is 2.67 bits per heavy atom. The van der Waals surface area contributed by atoms with Gasteiger partial charge in [0.25, 0.3) is 0 Å². The quantitative estimate of drug-likeness (QED) is 0.784. The third-order valence-corrected chi connectivity index (χ3v) is 1.98. The fourth-order valence-corrected chi connectivity index (χ4v) is 1.15. The standard InChI is InChI=1S/C6H8ClN3OS/c1-12-3-5(11)9-4-2-8-10-6(4)7/h2H,3H2,1H3,(H,8,10)(H,9,11). The maximum atomic E-state index is 11.0. The van der Waals surface area contributed by atoms with Crippen LogP contribution in [0.2, 0.25) is 5.15 Å². The molecule has 0 aliphatic rings. The number of carbonyl (C=O) groups is 1. The fourth-order valence-electron chi connectivity index (χ4n) is 0.675. The van der Waals surface area contributed by atoms with Crippen molar-refractivity contribution in [1.29, 1.82) is 0 Å². The SMILES string of the molecule is CSCC(=O)Nc1cn[nH]c1Cl. The van der Waals surface area contributed by atoms with Gasteiger partial charge in [0, 0.05) is 0 Å². The molecule has 0 atom stereocenters. The lowest BCUT2D eigenvalue weighted by molar-refractivity contribution is -0.113. The number of hydrogen-bond donors (Lipinski definition) is 2. The van der Waals surface area contributed by atoms with E-state index in [1.807, 2.05) is 6.26 Å². The molecule has 6 heteroatoms. The molecule has 1 rings (SSSR count). The van der Waals surface area contributed by atoms with Gasteiger partial charge in [-0.1, -0.05) is 11.6 Å². The third-order valence-electron chi connectivity index (χ3n) is 1.14. The molecular formula is C6H8ClN3OS. The highest BCUT2D eigenvalue weighted by Crippen LogP contribution is 2.16. The van der Waals surface area contributed by atoms with E-state index in [0.717, 1.165) is 0 Å². The van der Waals surface area contributed by atoms with Gasteiger partial charge in [-0.3, -0.25) is 9.89 Å². The van der Waals surface area contributed by atoms with Gasteiger partial charge in [0.1, 0.15) is 5.15 Å². The molecule has 12 heavy (non-hydrogen) atoms. The number of thioether (sulfide) groups is 1. The molecule has 0 unspecified atom stereocenters. The molecule has 66 valence electrons. The number of aromatic nitrogens is 2. The first kappa shape index (κ1) is 9.41. The second-order valence-electron chi connectivity index (χ2n) is 2.08. The summed E-state index contributed by atoms with van der Waals surface area (Å²) in [6.07, 6.45) is 3.33. The number of aromatic amines is 1. The number of rotatable bonds is 3. The molecule has 0 saturated carbocycles. The van der Waals surface area contributed by atoms with Gasteiger partial charge in [-0.05, 0) is 6.26 Å². The van der Waals surface area contributed by atoms with Gasteiger partial charge in [0.2, 0.25) is 5.91 Å². The van der Waals surface area contributed by atoms with Crippen molar-refractivity contribution in [3.8, 4) is 0 Å². The molecule has 2 N–H and O–H groups in total. The maximum Gasteiger partial charge on any atom is 0.234 e. The van der Waals surface area contributed by atoms with E-state index in [2.05, 4.69) is 15.5 Å². The van der Waals surface area contributed by atoms with E-state index in [1.165, 1.54) is 18.0 Å². The summed E-state index contributed by atoms with van der Waals surface area (Å²) in [7, 11) is 0. The number of nitrogens with zero attached hydrogens (tertiary/aromatic N) is 1. The Morgan fingerprint density at radius 1 is 1.92 bits per heavy atom. The second-order valence-corrected chi connectivity index (χ2v) is 3.32. The zero-order valence-corrected chi connectivity index (χ0v) is 8.00. The van der Waals surface area contributed by atoms with E-state index in [4.69, 9.17) is 11.6 Å². The zero-order chi connectivity index (χ0) is 8.97. The molecule has 0 aromatic carbocycles. The molecule has 0 aliphatic heterocycles. The Kier molecular flexibility index (Phi) is 3.43. The summed E-state index contributed by atoms with van der Waals surface area (Å²) in [6.45, 7) is 0. The lowest BCUT2D eigenvalue weighted by Gasteiger charge is -1.99. The summed E-state index contributed by atoms with van der Waals surface area (Å²) >= 11 is 7.10. The van der Waals surface area contributed by atoms with Crippen LogP contribution in [-0.2, 0) is 4.79 Å². The van der Waals surface area contributed by atoms with Gasteiger partial charge in [-0.25, -0.2) is 0 Å². The number of nitrogens with one attached hydrogen (secondary N) is 2. The van der Waals surface area contributed by atoms with Crippen molar-refractivity contribution in [1.82, 2.24) is 10.2 Å². The first-order valence-electron chi connectivity index (χ1n) is 3.21. The van der Waals surface area contributed by atoms with Crippen LogP contribution in [-0.4, -0.2) is 28.1 Å². The average Bonchev–Trinajstić information content (AvgIpc) is 2.37. The average molecular weight is 206 g/mol. The van der Waals surface area contributed by atoms with Crippen LogP contribution in [0, 0.1) is 0 Å². The summed E-state index contributed by atoms with van der Waals surface area (Å²) in [5.41, 5.74) is 0.524. The Balaban J connectivity index is 2.52. The fraction of sp³-hybridized carbons (Fsp3) is 0.333. The van der Waals surface area contributed by atoms with Crippen LogP contribution in [0.3, 0.4) is 0 Å². The molecule has 1 aromatic rings. The van der Waals surface area contributed by atoms with Crippen LogP contribution < -0.4 is 5.32 Å². The summed E-state index contributed by atoms with van der Waals surface area (Å²) < 4.78 is 0. The molecule has 1 heterocycles. The molecule has 0 bridgehead atoms. The van der Waals surface area contributed by atoms with Gasteiger partial charge < -0.3 is 5.32 Å². The second kappa shape index (κ2) is 4.37. The molecule has 0 spiro atoms. The first-order chi connectivity index (χ1) is 5.74. The van der Waals surface area contributed by atoms with E-state index in [9.17, 15) is 4.79 Å². The Labute approximate surface area is 79.1 Å². The van der Waals surface area contributed by atoms with Crippen LogP contribution in [0.4, 0.5) is 5.69 Å². The topological polar surface area (TPSA) is 57.8 Å². The van der Waals surface area contributed by atoms with Gasteiger partial charge in [0.05, 0.1) is 17.6 Å². The van der Waals surface area contributed by atoms with Crippen molar-refractivity contribution in [2.24, 2.45) is 0 Å². The van der Waals surface area contributed by atoms with Crippen molar-refractivity contribution in [2.45, 2.75) is 0 Å². The zero-order valence-electron chi connectivity index (χ0n) is 6.43. The number of amides is 1. The minimum Gasteiger partial charge on any atom is -0.321 e. The van der Waals surface area contributed by atoms with E-state index in [1.54, 1.807) is 0 Å². The normalized spacial score (nSPS) is 9.83. The van der Waals surface area contributed by atoms with E-state index < -0.39 is 0 Å². The van der Waals surface area contributed by atoms with Gasteiger partial charge >= 0.3 is 0 Å². The van der Waals surface area contributed by atoms with Gasteiger partial charge in [0.15, 0.2) is 0 Å². The van der Waals surface area contributed by atoms with Crippen molar-refractivity contribution in [3.63, 3.8) is 0 Å². The van der Waals surface area contributed by atoms with Crippen LogP contribution in [0.5, 0.6) is 0 Å². The molecule has 0 radical (unpaired) electrons. The summed E-state index contributed by atoms with van der Waals surface area (Å²) in [5.74, 6) is 0.340. The van der Waals surface area contributed by atoms with E-state index in [-0.39, 0.29) is 5.91 Å². The number of carbonyl (C=O) groups excluding carboxylic acids is 1. The predicted molar refractivity (Wildman–Crippen MR) is 50.6 cm³/mol. The van der Waals surface area contributed by atoms with Crippen molar-refractivity contribution >= 4 is 35.0 Å². The number of H-pyrrole nitrogens is 1. The van der Waals surface area contributed by atoms with Crippen molar-refractivity contribution < 1.29 is 4.79 Å². The van der Waals surface area contributed by atoms with Crippen molar-refractivity contribution in [3.05, 3.63) is 11.3 Å². The first-order valence-corrected chi connectivity index (χ1v) is 4.99. The van der Waals surface area contributed by atoms with Gasteiger partial charge in [-0.2, -0.15) is 16.9 Å². The lowest BCUT2D eigenvalue weighted by atomic mass is 10.5. The maximum absolute atomic E-state index is 11.0. The third kappa shape index (κ3) is 2.42. The monoisotopic (exact) mass is 205 g/mol. The highest BCUT2D eigenvalue weighted by atomic mass is 35.5. The molecule has 1 amide bonds. The Hall–Kier alpha value is -0.680. The van der Waals surface area contributed by atoms with Crippen LogP contribution in [0.25, 0.3) is 0 Å². The smallest absolute Gasteiger partial charge is 0.234 e. The highest BCUT2D eigenvalue weighted by molar-refractivity contribution is 7.99. The number of anilines is 1. The lowest BCUT2D eigenvalue weighted by Crippen LogP contribution is -2.13. The van der Waals surface area contributed by atoms with Gasteiger partial charge in [-0.15, -0.1) is 0 Å². The number of halogens is 1. The Bertz CT molecular complexity index is 276. The molecule has 0 aliphatic carbocycles. The molecule has 4 nitrogen and oxygen atoms in total. The highest BCUT2D eigenvalue weighted by Gasteiger charge is 2.05. The van der Waals surface area contributed by atoms with Crippen LogP contribution in [0.15, 0.2) is 6.20 Å². The van der Waals surface area contributed by atoms with E-state index >= 15 is 0 Å². The largest absolute Gasteiger partial charge is 0.321 e.